The van der Waals surface area contributed by atoms with Crippen molar-refractivity contribution in [2.75, 3.05) is 11.5 Å². The van der Waals surface area contributed by atoms with Crippen molar-refractivity contribution >= 4 is 17.7 Å². The Labute approximate surface area is 77.7 Å². The molecule has 0 aromatic carbocycles. The van der Waals surface area contributed by atoms with Crippen LogP contribution in [0, 0.1) is 11.8 Å². The van der Waals surface area contributed by atoms with Crippen LogP contribution < -0.4 is 0 Å². The maximum absolute atomic E-state index is 10.6. The molecule has 0 bridgehead atoms. The second kappa shape index (κ2) is 4.75. The van der Waals surface area contributed by atoms with E-state index in [0.717, 1.165) is 12.2 Å². The molecular weight excluding hydrogens is 172 g/mol. The minimum atomic E-state index is -0.648. The summed E-state index contributed by atoms with van der Waals surface area (Å²) in [4.78, 5) is 10.6. The summed E-state index contributed by atoms with van der Waals surface area (Å²) < 4.78 is 0. The summed E-state index contributed by atoms with van der Waals surface area (Å²) in [7, 11) is 0. The first-order valence-corrected chi connectivity index (χ1v) is 5.66. The van der Waals surface area contributed by atoms with Crippen molar-refractivity contribution in [1.29, 1.82) is 0 Å². The van der Waals surface area contributed by atoms with Crippen molar-refractivity contribution in [2.24, 2.45) is 11.8 Å². The van der Waals surface area contributed by atoms with E-state index in [1.54, 1.807) is 0 Å². The standard InChI is InChI=1S/C9H16O2S/c1-7(9(10)11)5-8-3-2-4-12-6-8/h7-8H,2-6H2,1H3,(H,10,11). The van der Waals surface area contributed by atoms with Crippen LogP contribution in [0.2, 0.25) is 0 Å². The maximum Gasteiger partial charge on any atom is 0.306 e. The predicted octanol–water partition coefficient (Wildman–Crippen LogP) is 2.24. The molecule has 0 spiro atoms. The molecule has 12 heavy (non-hydrogen) atoms. The van der Waals surface area contributed by atoms with Gasteiger partial charge < -0.3 is 5.11 Å². The van der Waals surface area contributed by atoms with E-state index in [-0.39, 0.29) is 5.92 Å². The molecule has 1 fully saturated rings. The molecule has 0 radical (unpaired) electrons. The van der Waals surface area contributed by atoms with E-state index in [4.69, 9.17) is 5.11 Å². The lowest BCUT2D eigenvalue weighted by atomic mass is 9.93. The Hall–Kier alpha value is -0.180. The van der Waals surface area contributed by atoms with Crippen molar-refractivity contribution in [2.45, 2.75) is 26.2 Å². The third-order valence-corrected chi connectivity index (χ3v) is 3.65. The predicted molar refractivity (Wildman–Crippen MR) is 51.5 cm³/mol. The van der Waals surface area contributed by atoms with Crippen molar-refractivity contribution in [1.82, 2.24) is 0 Å². The molecule has 2 unspecified atom stereocenters. The molecule has 70 valence electrons. The Bertz CT molecular complexity index is 153. The first-order valence-electron chi connectivity index (χ1n) is 4.50. The van der Waals surface area contributed by atoms with Crippen molar-refractivity contribution in [3.8, 4) is 0 Å². The summed E-state index contributed by atoms with van der Waals surface area (Å²) in [5.74, 6) is 2.27. The van der Waals surface area contributed by atoms with Gasteiger partial charge in [0, 0.05) is 0 Å². The number of aliphatic carboxylic acids is 1. The highest BCUT2D eigenvalue weighted by molar-refractivity contribution is 7.99. The Kier molecular flexibility index (Phi) is 3.92. The van der Waals surface area contributed by atoms with E-state index in [1.165, 1.54) is 18.6 Å². The van der Waals surface area contributed by atoms with Crippen LogP contribution in [-0.4, -0.2) is 22.6 Å². The highest BCUT2D eigenvalue weighted by Crippen LogP contribution is 2.27. The van der Waals surface area contributed by atoms with E-state index in [2.05, 4.69) is 0 Å². The number of rotatable bonds is 3. The third kappa shape index (κ3) is 3.05. The second-order valence-corrected chi connectivity index (χ2v) is 4.71. The minimum Gasteiger partial charge on any atom is -0.481 e. The first-order chi connectivity index (χ1) is 5.70. The Morgan fingerprint density at radius 2 is 2.50 bits per heavy atom. The molecule has 1 aliphatic rings. The third-order valence-electron chi connectivity index (χ3n) is 2.36. The Morgan fingerprint density at radius 1 is 1.75 bits per heavy atom. The zero-order valence-electron chi connectivity index (χ0n) is 7.45. The van der Waals surface area contributed by atoms with Gasteiger partial charge >= 0.3 is 5.97 Å². The van der Waals surface area contributed by atoms with Gasteiger partial charge in [-0.2, -0.15) is 11.8 Å². The van der Waals surface area contributed by atoms with Crippen molar-refractivity contribution in [3.05, 3.63) is 0 Å². The maximum atomic E-state index is 10.6. The summed E-state index contributed by atoms with van der Waals surface area (Å²) >= 11 is 1.96. The smallest absolute Gasteiger partial charge is 0.306 e. The lowest BCUT2D eigenvalue weighted by Gasteiger charge is -2.22. The lowest BCUT2D eigenvalue weighted by Crippen LogP contribution is -2.18. The van der Waals surface area contributed by atoms with Gasteiger partial charge in [0.25, 0.3) is 0 Å². The van der Waals surface area contributed by atoms with Gasteiger partial charge in [-0.05, 0) is 36.7 Å². The first kappa shape index (κ1) is 9.90. The molecule has 1 N–H and O–H groups in total. The van der Waals surface area contributed by atoms with Crippen molar-refractivity contribution < 1.29 is 9.90 Å². The molecule has 2 atom stereocenters. The van der Waals surface area contributed by atoms with Crippen LogP contribution >= 0.6 is 11.8 Å². The fourth-order valence-electron chi connectivity index (χ4n) is 1.59. The SMILES string of the molecule is CC(CC1CCCSC1)C(=O)O. The van der Waals surface area contributed by atoms with Crippen LogP contribution in [0.5, 0.6) is 0 Å². The number of carboxylic acid groups (broad SMARTS) is 1. The fraction of sp³-hybridized carbons (Fsp3) is 0.889. The van der Waals surface area contributed by atoms with Crippen molar-refractivity contribution in [3.63, 3.8) is 0 Å². The average molecular weight is 188 g/mol. The molecule has 3 heteroatoms. The Balaban J connectivity index is 2.24. The quantitative estimate of drug-likeness (QED) is 0.738. The van der Waals surface area contributed by atoms with Crippen LogP contribution in [0.4, 0.5) is 0 Å². The van der Waals surface area contributed by atoms with Gasteiger partial charge in [0.15, 0.2) is 0 Å². The summed E-state index contributed by atoms with van der Waals surface area (Å²) in [5, 5.41) is 8.71. The van der Waals surface area contributed by atoms with E-state index in [0.29, 0.717) is 5.92 Å². The van der Waals surface area contributed by atoms with Crippen LogP contribution in [0.1, 0.15) is 26.2 Å². The topological polar surface area (TPSA) is 37.3 Å². The van der Waals surface area contributed by atoms with Gasteiger partial charge in [0.1, 0.15) is 0 Å². The molecule has 1 aliphatic heterocycles. The van der Waals surface area contributed by atoms with Gasteiger partial charge in [-0.3, -0.25) is 4.79 Å². The monoisotopic (exact) mass is 188 g/mol. The zero-order valence-corrected chi connectivity index (χ0v) is 8.27. The molecule has 1 rings (SSSR count). The lowest BCUT2D eigenvalue weighted by molar-refractivity contribution is -0.141. The number of carboxylic acids is 1. The molecule has 0 amide bonds. The average Bonchev–Trinajstić information content (AvgIpc) is 2.06. The largest absolute Gasteiger partial charge is 0.481 e. The number of carbonyl (C=O) groups is 1. The Morgan fingerprint density at radius 3 is 3.00 bits per heavy atom. The van der Waals surface area contributed by atoms with Gasteiger partial charge in [-0.1, -0.05) is 6.92 Å². The summed E-state index contributed by atoms with van der Waals surface area (Å²) in [6.45, 7) is 1.81. The molecular formula is C9H16O2S. The highest BCUT2D eigenvalue weighted by atomic mass is 32.2. The summed E-state index contributed by atoms with van der Waals surface area (Å²) in [6.07, 6.45) is 3.36. The molecule has 1 saturated heterocycles. The van der Waals surface area contributed by atoms with Crippen LogP contribution in [0.15, 0.2) is 0 Å². The van der Waals surface area contributed by atoms with E-state index < -0.39 is 5.97 Å². The molecule has 1 heterocycles. The summed E-state index contributed by atoms with van der Waals surface area (Å²) in [6, 6.07) is 0. The molecule has 0 aliphatic carbocycles. The highest BCUT2D eigenvalue weighted by Gasteiger charge is 2.20. The molecule has 2 nitrogen and oxygen atoms in total. The van der Waals surface area contributed by atoms with Crippen LogP contribution in [-0.2, 0) is 4.79 Å². The van der Waals surface area contributed by atoms with Gasteiger partial charge in [0.05, 0.1) is 5.92 Å². The minimum absolute atomic E-state index is 0.159. The normalized spacial score (nSPS) is 26.6. The van der Waals surface area contributed by atoms with Gasteiger partial charge in [-0.25, -0.2) is 0 Å². The van der Waals surface area contributed by atoms with E-state index >= 15 is 0 Å². The summed E-state index contributed by atoms with van der Waals surface area (Å²) in [5.41, 5.74) is 0. The number of hydrogen-bond acceptors (Lipinski definition) is 2. The van der Waals surface area contributed by atoms with Crippen LogP contribution in [0.25, 0.3) is 0 Å². The molecule has 0 saturated carbocycles. The van der Waals surface area contributed by atoms with E-state index in [1.807, 2.05) is 18.7 Å². The molecule has 0 aromatic rings. The zero-order chi connectivity index (χ0) is 8.97. The van der Waals surface area contributed by atoms with Gasteiger partial charge in [0.2, 0.25) is 0 Å². The molecule has 0 aromatic heterocycles. The van der Waals surface area contributed by atoms with Gasteiger partial charge in [-0.15, -0.1) is 0 Å². The number of thioether (sulfide) groups is 1. The number of hydrogen-bond donors (Lipinski definition) is 1. The van der Waals surface area contributed by atoms with Crippen LogP contribution in [0.3, 0.4) is 0 Å². The van der Waals surface area contributed by atoms with E-state index in [9.17, 15) is 4.79 Å². The fourth-order valence-corrected chi connectivity index (χ4v) is 2.77. The second-order valence-electron chi connectivity index (χ2n) is 3.56.